The standard InChI is InChI=1S/C20H23N5.C18H17N3.C16H24BNO4/c1-24(14-18-8-2-5-11-21-18)17-25(15-19-9-3-6-12-22-19)16-20-10-4-7-13-23-20;1-14-10-17(12-15-6-2-4-8-19-15)21-18(11-14)13-16-7-3-5-9-20-16;1-15(2)16(3,4)22-17(21-15)13-9-7-12(8-10-13)11-20-14(19)18(5)6/h2-13H,14-17H2,1H3;2-11H,12-13H2,1H3;7-10H,11H2,1-6H3. The van der Waals surface area contributed by atoms with E-state index in [-0.39, 0.29) is 31.0 Å². The van der Waals surface area contributed by atoms with E-state index in [1.54, 1.807) is 14.1 Å². The summed E-state index contributed by atoms with van der Waals surface area (Å²) >= 11 is 0. The zero-order valence-corrected chi connectivity index (χ0v) is 40.7. The Balaban J connectivity index is 0.000000169. The quantitative estimate of drug-likeness (QED) is 0.0722. The lowest BCUT2D eigenvalue weighted by atomic mass is 9.79. The van der Waals surface area contributed by atoms with Gasteiger partial charge in [-0.15, -0.1) is 0 Å². The van der Waals surface area contributed by atoms with Crippen LogP contribution in [0.1, 0.15) is 78.7 Å². The number of nitrogens with zero attached hydrogens (tertiary/aromatic N) is 9. The van der Waals surface area contributed by atoms with E-state index in [0.717, 1.165) is 90.0 Å². The highest BCUT2D eigenvalue weighted by atomic mass is 16.7. The number of pyridine rings is 6. The SMILES string of the molecule is CN(C)C(=O)OCc1ccc(B2OC(C)(C)C(C)(C)O2)cc1.CN(Cc1ccccn1)CN(Cc1ccccn1)Cc1ccccn1.Cc1cc(Cc2ccccn2)nc(Cc2ccccn2)c1. The molecule has 1 amide bonds. The molecular formula is C54H64BN9O4. The molecule has 6 aromatic heterocycles. The molecule has 1 aromatic carbocycles. The normalized spacial score (nSPS) is 13.5. The first-order valence-electron chi connectivity index (χ1n) is 22.9. The first-order valence-corrected chi connectivity index (χ1v) is 22.9. The van der Waals surface area contributed by atoms with Gasteiger partial charge in [0.25, 0.3) is 0 Å². The molecule has 7 heterocycles. The number of carbonyl (C=O) groups excluding carboxylic acids is 1. The third-order valence-corrected chi connectivity index (χ3v) is 11.3. The first-order chi connectivity index (χ1) is 32.7. The van der Waals surface area contributed by atoms with E-state index in [9.17, 15) is 4.79 Å². The Kier molecular flexibility index (Phi) is 18.6. The molecule has 352 valence electrons. The van der Waals surface area contributed by atoms with E-state index in [4.69, 9.17) is 19.0 Å². The van der Waals surface area contributed by atoms with Crippen LogP contribution in [0, 0.1) is 6.92 Å². The topological polar surface area (TPSA) is 132 Å². The minimum absolute atomic E-state index is 0.251. The number of benzene rings is 1. The molecule has 0 atom stereocenters. The van der Waals surface area contributed by atoms with E-state index in [0.29, 0.717) is 0 Å². The number of hydrogen-bond acceptors (Lipinski definition) is 12. The van der Waals surface area contributed by atoms with Crippen molar-refractivity contribution in [3.63, 3.8) is 0 Å². The monoisotopic (exact) mass is 914 g/mol. The van der Waals surface area contributed by atoms with E-state index >= 15 is 0 Å². The molecule has 8 rings (SSSR count). The fourth-order valence-electron chi connectivity index (χ4n) is 7.16. The van der Waals surface area contributed by atoms with Crippen molar-refractivity contribution in [2.75, 3.05) is 27.8 Å². The summed E-state index contributed by atoms with van der Waals surface area (Å²) in [5, 5.41) is 0. The van der Waals surface area contributed by atoms with Crippen LogP contribution in [0.3, 0.4) is 0 Å². The van der Waals surface area contributed by atoms with Gasteiger partial charge in [0.15, 0.2) is 0 Å². The Bertz CT molecular complexity index is 2440. The summed E-state index contributed by atoms with van der Waals surface area (Å²) in [4.78, 5) is 44.2. The Morgan fingerprint density at radius 3 is 1.37 bits per heavy atom. The fraction of sp³-hybridized carbons (Fsp3) is 0.315. The Hall–Kier alpha value is -6.71. The number of hydrogen-bond donors (Lipinski definition) is 0. The minimum Gasteiger partial charge on any atom is -0.445 e. The summed E-state index contributed by atoms with van der Waals surface area (Å²) in [5.74, 6) is 0. The van der Waals surface area contributed by atoms with E-state index in [1.165, 1.54) is 10.5 Å². The highest BCUT2D eigenvalue weighted by molar-refractivity contribution is 6.62. The van der Waals surface area contributed by atoms with Crippen molar-refractivity contribution in [3.8, 4) is 0 Å². The lowest BCUT2D eigenvalue weighted by Gasteiger charge is -2.32. The Morgan fingerprint density at radius 2 is 0.971 bits per heavy atom. The van der Waals surface area contributed by atoms with E-state index < -0.39 is 0 Å². The molecule has 0 spiro atoms. The number of amides is 1. The smallest absolute Gasteiger partial charge is 0.445 e. The number of aromatic nitrogens is 6. The number of carbonyl (C=O) groups is 1. The van der Waals surface area contributed by atoms with Gasteiger partial charge in [0.05, 0.1) is 35.0 Å². The number of ether oxygens (including phenoxy) is 1. The van der Waals surface area contributed by atoms with Crippen LogP contribution < -0.4 is 5.46 Å². The van der Waals surface area contributed by atoms with Gasteiger partial charge in [-0.25, -0.2) is 4.79 Å². The molecule has 0 N–H and O–H groups in total. The van der Waals surface area contributed by atoms with Gasteiger partial charge < -0.3 is 18.9 Å². The second kappa shape index (κ2) is 24.9. The van der Waals surface area contributed by atoms with Crippen LogP contribution in [-0.4, -0.2) is 96.8 Å². The largest absolute Gasteiger partial charge is 0.494 e. The molecule has 0 saturated carbocycles. The van der Waals surface area contributed by atoms with Crippen molar-refractivity contribution in [1.29, 1.82) is 0 Å². The maximum absolute atomic E-state index is 11.4. The minimum atomic E-state index is -0.372. The van der Waals surface area contributed by atoms with Crippen LogP contribution in [0.2, 0.25) is 0 Å². The van der Waals surface area contributed by atoms with Gasteiger partial charge in [-0.05, 0) is 131 Å². The predicted molar refractivity (Wildman–Crippen MR) is 267 cm³/mol. The van der Waals surface area contributed by atoms with Crippen molar-refractivity contribution in [2.45, 2.75) is 84.9 Å². The zero-order valence-electron chi connectivity index (χ0n) is 40.7. The second-order valence-corrected chi connectivity index (χ2v) is 18.0. The summed E-state index contributed by atoms with van der Waals surface area (Å²) in [5.41, 5.74) is 9.79. The molecule has 1 saturated heterocycles. The molecule has 0 bridgehead atoms. The van der Waals surface area contributed by atoms with Crippen LogP contribution in [0.5, 0.6) is 0 Å². The Labute approximate surface area is 402 Å². The van der Waals surface area contributed by atoms with E-state index in [1.807, 2.05) is 156 Å². The molecule has 13 nitrogen and oxygen atoms in total. The van der Waals surface area contributed by atoms with Gasteiger partial charge in [-0.1, -0.05) is 54.6 Å². The molecule has 1 aliphatic rings. The molecule has 7 aromatic rings. The summed E-state index contributed by atoms with van der Waals surface area (Å²) in [6, 6.07) is 42.0. The van der Waals surface area contributed by atoms with Gasteiger partial charge in [0.2, 0.25) is 0 Å². The van der Waals surface area contributed by atoms with Crippen LogP contribution in [-0.2, 0) is 53.1 Å². The van der Waals surface area contributed by atoms with Crippen molar-refractivity contribution in [1.82, 2.24) is 44.6 Å². The van der Waals surface area contributed by atoms with Crippen molar-refractivity contribution >= 4 is 18.7 Å². The van der Waals surface area contributed by atoms with Crippen molar-refractivity contribution < 1.29 is 18.8 Å². The molecule has 0 radical (unpaired) electrons. The summed E-state index contributed by atoms with van der Waals surface area (Å²) in [7, 11) is 5.05. The van der Waals surface area contributed by atoms with Crippen LogP contribution in [0.25, 0.3) is 0 Å². The number of aryl methyl sites for hydroxylation is 1. The maximum atomic E-state index is 11.4. The summed E-state index contributed by atoms with van der Waals surface area (Å²) in [6.07, 6.45) is 10.3. The van der Waals surface area contributed by atoms with Gasteiger partial charge in [-0.2, -0.15) is 0 Å². The Morgan fingerprint density at radius 1 is 0.559 bits per heavy atom. The molecule has 14 heteroatoms. The van der Waals surface area contributed by atoms with Gasteiger partial charge in [0.1, 0.15) is 6.61 Å². The second-order valence-electron chi connectivity index (χ2n) is 18.0. The maximum Gasteiger partial charge on any atom is 0.494 e. The van der Waals surface area contributed by atoms with Gasteiger partial charge >= 0.3 is 13.2 Å². The molecule has 0 unspecified atom stereocenters. The van der Waals surface area contributed by atoms with Crippen LogP contribution >= 0.6 is 0 Å². The lowest BCUT2D eigenvalue weighted by molar-refractivity contribution is 0.00578. The molecule has 1 fully saturated rings. The average molecular weight is 914 g/mol. The van der Waals surface area contributed by atoms with Crippen molar-refractivity contribution in [2.24, 2.45) is 0 Å². The third-order valence-electron chi connectivity index (χ3n) is 11.3. The molecular weight excluding hydrogens is 849 g/mol. The first kappa shape index (κ1) is 50.7. The lowest BCUT2D eigenvalue weighted by Crippen LogP contribution is -2.41. The van der Waals surface area contributed by atoms with E-state index in [2.05, 4.69) is 79.0 Å². The van der Waals surface area contributed by atoms with Gasteiger partial charge in [-0.3, -0.25) is 39.7 Å². The highest BCUT2D eigenvalue weighted by Crippen LogP contribution is 2.36. The summed E-state index contributed by atoms with van der Waals surface area (Å²) < 4.78 is 17.2. The van der Waals surface area contributed by atoms with Crippen LogP contribution in [0.4, 0.5) is 4.79 Å². The molecule has 1 aliphatic heterocycles. The summed E-state index contributed by atoms with van der Waals surface area (Å²) in [6.45, 7) is 13.7. The van der Waals surface area contributed by atoms with Gasteiger partial charge in [0, 0.05) is 100 Å². The highest BCUT2D eigenvalue weighted by Gasteiger charge is 2.51. The van der Waals surface area contributed by atoms with Crippen LogP contribution in [0.15, 0.2) is 158 Å². The average Bonchev–Trinajstić information content (AvgIpc) is 3.55. The molecule has 0 aliphatic carbocycles. The fourth-order valence-corrected chi connectivity index (χ4v) is 7.16. The molecule has 68 heavy (non-hydrogen) atoms. The third kappa shape index (κ3) is 16.3. The number of rotatable bonds is 15. The van der Waals surface area contributed by atoms with Crippen molar-refractivity contribution in [3.05, 3.63) is 209 Å². The predicted octanol–water partition coefficient (Wildman–Crippen LogP) is 8.51. The zero-order chi connectivity index (χ0) is 48.4.